The van der Waals surface area contributed by atoms with E-state index in [0.29, 0.717) is 19.6 Å². The van der Waals surface area contributed by atoms with Crippen molar-refractivity contribution in [1.29, 1.82) is 0 Å². The minimum absolute atomic E-state index is 0.0263. The number of benzene rings is 17. The second-order valence-corrected chi connectivity index (χ2v) is 39.8. The highest BCUT2D eigenvalue weighted by atomic mass is 15.2. The predicted octanol–water partition coefficient (Wildman–Crippen LogP) is 29.2. The van der Waals surface area contributed by atoms with Crippen LogP contribution in [0.5, 0.6) is 0 Å². The van der Waals surface area contributed by atoms with Gasteiger partial charge in [-0.15, -0.1) is 0 Å². The predicted molar refractivity (Wildman–Crippen MR) is 533 cm³/mol. The summed E-state index contributed by atoms with van der Waals surface area (Å²) in [5.41, 5.74) is 36.8. The monoisotopic (exact) mass is 1600 g/mol. The molecule has 18 aromatic rings. The van der Waals surface area contributed by atoms with Crippen LogP contribution in [0, 0.1) is 5.41 Å². The van der Waals surface area contributed by atoms with Crippen LogP contribution in [0.3, 0.4) is 0 Å². The van der Waals surface area contributed by atoms with Gasteiger partial charge < -0.3 is 19.3 Å². The summed E-state index contributed by atoms with van der Waals surface area (Å²) in [6.45, 7) is 30.3. The maximum absolute atomic E-state index is 2.83. The molecule has 0 fully saturated rings. The van der Waals surface area contributed by atoms with Gasteiger partial charge in [0, 0.05) is 81.5 Å². The first-order chi connectivity index (χ1) is 60.0. The van der Waals surface area contributed by atoms with Crippen LogP contribution in [0.2, 0.25) is 0 Å². The molecule has 0 radical (unpaired) electrons. The molecule has 0 spiro atoms. The molecule has 0 saturated heterocycles. The van der Waals surface area contributed by atoms with Gasteiger partial charge in [0.2, 0.25) is 0 Å². The molecule has 1 aliphatic carbocycles. The van der Waals surface area contributed by atoms with E-state index in [2.05, 4.69) is 448 Å². The minimum Gasteiger partial charge on any atom is -0.342 e. The molecule has 0 N–H and O–H groups in total. The second kappa shape index (κ2) is 29.2. The summed E-state index contributed by atoms with van der Waals surface area (Å²) in [7, 11) is 0. The van der Waals surface area contributed by atoms with Gasteiger partial charge in [-0.05, 0) is 255 Å². The summed E-state index contributed by atoms with van der Waals surface area (Å²) in [5.74, 6) is 0.154. The molecule has 5 heteroatoms. The van der Waals surface area contributed by atoms with Gasteiger partial charge in [-0.25, -0.2) is 0 Å². The van der Waals surface area contributed by atoms with Crippen molar-refractivity contribution in [2.75, 3.05) is 27.8 Å². The van der Waals surface area contributed by atoms with Crippen molar-refractivity contribution in [2.45, 2.75) is 131 Å². The quantitative estimate of drug-likeness (QED) is 0.0613. The highest BCUT2D eigenvalue weighted by Gasteiger charge is 2.46. The van der Waals surface area contributed by atoms with E-state index in [1.165, 1.54) is 216 Å². The molecular formula is C119H105BN4. The lowest BCUT2D eigenvalue weighted by Crippen LogP contribution is -2.62. The van der Waals surface area contributed by atoms with Gasteiger partial charge in [-0.1, -0.05) is 368 Å². The maximum Gasteiger partial charge on any atom is 0.252 e. The molecule has 4 nitrogen and oxygen atoms in total. The molecule has 124 heavy (non-hydrogen) atoms. The summed E-state index contributed by atoms with van der Waals surface area (Å²) >= 11 is 0. The Hall–Kier alpha value is -13.2. The van der Waals surface area contributed by atoms with Gasteiger partial charge >= 0.3 is 0 Å². The molecular weight excluding hydrogens is 1500 g/mol. The number of hydrogen-bond acceptors (Lipinski definition) is 3. The summed E-state index contributed by atoms with van der Waals surface area (Å²) in [6.07, 6.45) is 9.10. The molecule has 4 aliphatic rings. The summed E-state index contributed by atoms with van der Waals surface area (Å²) in [4.78, 5) is 8.36. The van der Waals surface area contributed by atoms with Crippen LogP contribution in [0.4, 0.5) is 34.1 Å². The van der Waals surface area contributed by atoms with Gasteiger partial charge in [0.05, 0.1) is 6.04 Å². The highest BCUT2D eigenvalue weighted by molar-refractivity contribution is 7.00. The zero-order chi connectivity index (χ0) is 84.4. The van der Waals surface area contributed by atoms with Crippen LogP contribution in [0.1, 0.15) is 128 Å². The highest BCUT2D eigenvalue weighted by Crippen LogP contribution is 2.54. The summed E-state index contributed by atoms with van der Waals surface area (Å²) in [5, 5.41) is 12.9. The van der Waals surface area contributed by atoms with Crippen LogP contribution in [-0.2, 0) is 35.6 Å². The lowest BCUT2D eigenvalue weighted by molar-refractivity contribution is 0.507. The van der Waals surface area contributed by atoms with Gasteiger partial charge in [-0.2, -0.15) is 0 Å². The number of para-hydroxylation sites is 2. The Kier molecular flexibility index (Phi) is 18.1. The van der Waals surface area contributed by atoms with Crippen LogP contribution in [0.25, 0.3) is 121 Å². The second-order valence-electron chi connectivity index (χ2n) is 39.8. The van der Waals surface area contributed by atoms with E-state index in [9.17, 15) is 0 Å². The lowest BCUT2D eigenvalue weighted by atomic mass is 9.33. The third-order valence-electron chi connectivity index (χ3n) is 28.0. The van der Waals surface area contributed by atoms with Crippen molar-refractivity contribution in [1.82, 2.24) is 4.57 Å². The van der Waals surface area contributed by atoms with E-state index in [-0.39, 0.29) is 40.3 Å². The molecule has 2 atom stereocenters. The Balaban J connectivity index is 0.825. The summed E-state index contributed by atoms with van der Waals surface area (Å²) in [6, 6.07) is 127. The van der Waals surface area contributed by atoms with Crippen molar-refractivity contribution in [3.63, 3.8) is 0 Å². The Morgan fingerprint density at radius 3 is 1.27 bits per heavy atom. The number of aromatic nitrogens is 1. The first-order valence-electron chi connectivity index (χ1n) is 45.0. The Morgan fingerprint density at radius 1 is 0.323 bits per heavy atom. The fourth-order valence-corrected chi connectivity index (χ4v) is 21.6. The number of hydrogen-bond donors (Lipinski definition) is 0. The topological polar surface area (TPSA) is 14.7 Å². The van der Waals surface area contributed by atoms with Crippen molar-refractivity contribution >= 4 is 122 Å². The average Bonchev–Trinajstić information content (AvgIpc) is 0.884. The number of allylic oxidation sites excluding steroid dienone is 2. The largest absolute Gasteiger partial charge is 0.342 e. The van der Waals surface area contributed by atoms with Crippen molar-refractivity contribution in [3.05, 3.63) is 390 Å². The number of fused-ring (bicyclic) bond motifs is 12. The number of rotatable bonds is 14. The third-order valence-corrected chi connectivity index (χ3v) is 28.0. The first kappa shape index (κ1) is 76.9. The lowest BCUT2D eigenvalue weighted by Gasteiger charge is -2.45. The Morgan fingerprint density at radius 2 is 0.774 bits per heavy atom. The molecule has 1 aromatic heterocycles. The van der Waals surface area contributed by atoms with Crippen molar-refractivity contribution < 1.29 is 0 Å². The molecule has 0 saturated carbocycles. The van der Waals surface area contributed by atoms with Gasteiger partial charge in [0.25, 0.3) is 6.71 Å². The Bertz CT molecular complexity index is 7200. The maximum atomic E-state index is 2.83. The number of anilines is 6. The van der Waals surface area contributed by atoms with E-state index < -0.39 is 0 Å². The zero-order valence-corrected chi connectivity index (χ0v) is 73.5. The third kappa shape index (κ3) is 12.9. The van der Waals surface area contributed by atoms with Crippen molar-refractivity contribution in [3.8, 4) is 55.6 Å². The normalized spacial score (nSPS) is 15.0. The van der Waals surface area contributed by atoms with E-state index >= 15 is 0 Å². The van der Waals surface area contributed by atoms with Gasteiger partial charge in [-0.3, -0.25) is 0 Å². The van der Waals surface area contributed by atoms with Gasteiger partial charge in [0.1, 0.15) is 0 Å². The minimum atomic E-state index is -0.168. The fourth-order valence-electron chi connectivity index (χ4n) is 21.6. The summed E-state index contributed by atoms with van der Waals surface area (Å²) < 4.78 is 2.61. The van der Waals surface area contributed by atoms with E-state index in [1.54, 1.807) is 0 Å². The molecule has 17 aromatic carbocycles. The molecule has 2 unspecified atom stereocenters. The molecule has 22 rings (SSSR count). The average molecular weight is 1600 g/mol. The molecule has 4 heterocycles. The fraction of sp³-hybridized carbons (Fsp3) is 0.193. The smallest absolute Gasteiger partial charge is 0.252 e. The van der Waals surface area contributed by atoms with E-state index in [4.69, 9.17) is 0 Å². The standard InChI is InChI=1S/C119H105BN4/c1-116(2,3)84-51-56-107-100(67-84)101-68-85(117(4,5)6)52-57-108(101)124(107)88-53-55-104-110(73-88)122(61-59-90-98(78-36-21-15-22-37-78)71-87(119(10,11)12)72-99(90)79-38-23-16-24-39-79)112-63-75(74-123-105-48-27-25-43-91(105)92-44-26-28-49-106(92)123)62-111-115(112)120(104)103-54-50-81(83-64-82-42-31-46-94-93-45-29-40-80-41-30-47-95(113(80)93)102(65-83)114(82)94)66-109(103)121(111)60-58-89-96(76-32-17-13-18-33-76)69-86(118(7,8)9)70-97(89)77-34-19-14-20-35-77/h13-57,62-73,100,107H,58-61,74H2,1-12H3. The molecule has 0 amide bonds. The van der Waals surface area contributed by atoms with Crippen LogP contribution >= 0.6 is 0 Å². The van der Waals surface area contributed by atoms with E-state index in [0.717, 1.165) is 12.8 Å². The molecule has 0 bridgehead atoms. The number of nitrogens with zero attached hydrogens (tertiary/aromatic N) is 4. The van der Waals surface area contributed by atoms with Crippen LogP contribution in [-0.4, -0.2) is 30.4 Å². The molecule has 3 aliphatic heterocycles. The van der Waals surface area contributed by atoms with Gasteiger partial charge in [0.15, 0.2) is 0 Å². The van der Waals surface area contributed by atoms with Crippen LogP contribution in [0.15, 0.2) is 351 Å². The van der Waals surface area contributed by atoms with E-state index in [1.807, 2.05) is 0 Å². The van der Waals surface area contributed by atoms with Crippen LogP contribution < -0.4 is 31.1 Å². The zero-order valence-electron chi connectivity index (χ0n) is 73.5. The van der Waals surface area contributed by atoms with Crippen molar-refractivity contribution in [2.24, 2.45) is 5.41 Å². The molecule has 604 valence electrons. The first-order valence-corrected chi connectivity index (χ1v) is 45.0. The Labute approximate surface area is 731 Å². The SMILES string of the molecule is CC(C)(C)C1=CC2c3cc(C(C)(C)C)ccc3N(c3ccc4c(c3)N(CCc3c(-c5ccccc5)cc(C(C)(C)C)cc3-c3ccccc3)c3cc(Cn5c6ccccc6c6ccccc65)cc5c3B4c3ccc(-c4cc6cccc7c8cccc9cccc(c(c4)c67)c98)cc3N5CCc3c(-c4ccccc4)cc(C(C)(C)C)cc3-c3ccccc3)C2C=C1.